The number of piperidine rings is 1. The van der Waals surface area contributed by atoms with E-state index in [4.69, 9.17) is 4.74 Å². The van der Waals surface area contributed by atoms with Gasteiger partial charge >= 0.3 is 0 Å². The quantitative estimate of drug-likeness (QED) is 0.476. The minimum atomic E-state index is -0.903. The molecule has 2 aliphatic heterocycles. The smallest absolute Gasteiger partial charge is 0.274 e. The number of nitrogens with zero attached hydrogens (tertiary/aromatic N) is 3. The number of rotatable bonds is 6. The highest BCUT2D eigenvalue weighted by atomic mass is 19.2. The molecule has 0 spiro atoms. The molecular formula is C29H31F2N5O2. The summed E-state index contributed by atoms with van der Waals surface area (Å²) in [6.45, 7) is 4.69. The Bertz CT molecular complexity index is 1350. The highest BCUT2D eigenvalue weighted by molar-refractivity contribution is 6.49. The van der Waals surface area contributed by atoms with E-state index in [9.17, 15) is 9.18 Å². The van der Waals surface area contributed by atoms with Crippen LogP contribution in [0.4, 0.5) is 14.5 Å². The molecule has 0 aliphatic carbocycles. The van der Waals surface area contributed by atoms with Crippen LogP contribution in [-0.4, -0.2) is 48.4 Å². The SMILES string of the molecule is COc1ccc(NC(=O)C2=NCNC(C)c3ccc(-c4cc(CN5CCCCC5)cc(F)c4F)cc32)cn1. The fourth-order valence-corrected chi connectivity index (χ4v) is 5.04. The van der Waals surface area contributed by atoms with E-state index in [1.54, 1.807) is 30.3 Å². The summed E-state index contributed by atoms with van der Waals surface area (Å²) < 4.78 is 34.9. The first kappa shape index (κ1) is 25.9. The molecule has 38 heavy (non-hydrogen) atoms. The van der Waals surface area contributed by atoms with Gasteiger partial charge in [-0.1, -0.05) is 18.6 Å². The van der Waals surface area contributed by atoms with E-state index in [0.29, 0.717) is 29.2 Å². The molecule has 9 heteroatoms. The van der Waals surface area contributed by atoms with Crippen LogP contribution in [0.15, 0.2) is 53.7 Å². The van der Waals surface area contributed by atoms with E-state index in [-0.39, 0.29) is 24.0 Å². The van der Waals surface area contributed by atoms with Crippen LogP contribution in [-0.2, 0) is 11.3 Å². The molecule has 5 rings (SSSR count). The fraction of sp³-hybridized carbons (Fsp3) is 0.345. The number of benzene rings is 2. The molecule has 1 unspecified atom stereocenters. The molecule has 0 bridgehead atoms. The van der Waals surface area contributed by atoms with Crippen LogP contribution < -0.4 is 15.4 Å². The molecular weight excluding hydrogens is 488 g/mol. The Kier molecular flexibility index (Phi) is 7.76. The second-order valence-corrected chi connectivity index (χ2v) is 9.71. The first-order chi connectivity index (χ1) is 18.4. The first-order valence-corrected chi connectivity index (χ1v) is 12.9. The minimum Gasteiger partial charge on any atom is -0.481 e. The van der Waals surface area contributed by atoms with Gasteiger partial charge in [-0.15, -0.1) is 0 Å². The molecule has 3 heterocycles. The van der Waals surface area contributed by atoms with Gasteiger partial charge in [-0.3, -0.25) is 20.0 Å². The van der Waals surface area contributed by atoms with Crippen molar-refractivity contribution < 1.29 is 18.3 Å². The molecule has 1 fully saturated rings. The number of fused-ring (bicyclic) bond motifs is 1. The van der Waals surface area contributed by atoms with Gasteiger partial charge in [0.25, 0.3) is 5.91 Å². The number of nitrogens with one attached hydrogen (secondary N) is 2. The molecule has 0 radical (unpaired) electrons. The van der Waals surface area contributed by atoms with E-state index in [2.05, 4.69) is 25.5 Å². The van der Waals surface area contributed by atoms with Crippen molar-refractivity contribution >= 4 is 17.3 Å². The van der Waals surface area contributed by atoms with Crippen molar-refractivity contribution in [2.45, 2.75) is 38.8 Å². The summed E-state index contributed by atoms with van der Waals surface area (Å²) in [5.74, 6) is -1.77. The van der Waals surface area contributed by atoms with Crippen LogP contribution in [0.25, 0.3) is 11.1 Å². The lowest BCUT2D eigenvalue weighted by atomic mass is 9.92. The number of likely N-dealkylation sites (tertiary alicyclic amines) is 1. The average molecular weight is 520 g/mol. The van der Waals surface area contributed by atoms with Crippen molar-refractivity contribution in [2.24, 2.45) is 4.99 Å². The number of hydrogen-bond donors (Lipinski definition) is 2. The highest BCUT2D eigenvalue weighted by Gasteiger charge is 2.25. The summed E-state index contributed by atoms with van der Waals surface area (Å²) in [5, 5.41) is 6.09. The fourth-order valence-electron chi connectivity index (χ4n) is 5.04. The number of ether oxygens (including phenoxy) is 1. The maximum absolute atomic E-state index is 15.1. The number of amides is 1. The molecule has 3 aromatic rings. The largest absolute Gasteiger partial charge is 0.481 e. The Morgan fingerprint density at radius 1 is 1.11 bits per heavy atom. The average Bonchev–Trinajstić information content (AvgIpc) is 3.10. The number of carbonyl (C=O) groups excluding carboxylic acids is 1. The zero-order valence-corrected chi connectivity index (χ0v) is 21.6. The van der Waals surface area contributed by atoms with E-state index in [0.717, 1.165) is 37.1 Å². The molecule has 1 aromatic heterocycles. The second-order valence-electron chi connectivity index (χ2n) is 9.71. The monoisotopic (exact) mass is 519 g/mol. The van der Waals surface area contributed by atoms with Gasteiger partial charge in [-0.2, -0.15) is 0 Å². The summed E-state index contributed by atoms with van der Waals surface area (Å²) in [6, 6.07) is 11.6. The highest BCUT2D eigenvalue weighted by Crippen LogP contribution is 2.32. The molecule has 1 amide bonds. The van der Waals surface area contributed by atoms with Gasteiger partial charge in [-0.25, -0.2) is 13.8 Å². The Balaban J connectivity index is 1.49. The molecule has 198 valence electrons. The maximum Gasteiger partial charge on any atom is 0.274 e. The molecule has 1 atom stereocenters. The number of hydrogen-bond acceptors (Lipinski definition) is 6. The number of methoxy groups -OCH3 is 1. The molecule has 2 aromatic carbocycles. The summed E-state index contributed by atoms with van der Waals surface area (Å²) in [7, 11) is 1.52. The van der Waals surface area contributed by atoms with E-state index in [1.165, 1.54) is 25.8 Å². The predicted molar refractivity (Wildman–Crippen MR) is 143 cm³/mol. The van der Waals surface area contributed by atoms with Gasteiger partial charge in [0.15, 0.2) is 11.6 Å². The normalized spacial score (nSPS) is 17.8. The van der Waals surface area contributed by atoms with Crippen LogP contribution >= 0.6 is 0 Å². The van der Waals surface area contributed by atoms with Crippen LogP contribution in [0, 0.1) is 11.6 Å². The Morgan fingerprint density at radius 2 is 1.92 bits per heavy atom. The van der Waals surface area contributed by atoms with Crippen molar-refractivity contribution in [1.82, 2.24) is 15.2 Å². The summed E-state index contributed by atoms with van der Waals surface area (Å²) in [4.78, 5) is 24.2. The molecule has 0 saturated carbocycles. The van der Waals surface area contributed by atoms with Gasteiger partial charge in [0.2, 0.25) is 5.88 Å². The number of anilines is 1. The lowest BCUT2D eigenvalue weighted by molar-refractivity contribution is -0.110. The van der Waals surface area contributed by atoms with E-state index < -0.39 is 17.5 Å². The zero-order chi connectivity index (χ0) is 26.6. The molecule has 2 N–H and O–H groups in total. The van der Waals surface area contributed by atoms with Crippen molar-refractivity contribution in [3.8, 4) is 17.0 Å². The Morgan fingerprint density at radius 3 is 2.66 bits per heavy atom. The second kappa shape index (κ2) is 11.4. The van der Waals surface area contributed by atoms with E-state index >= 15 is 4.39 Å². The number of halogens is 2. The third-order valence-electron chi connectivity index (χ3n) is 7.08. The number of aliphatic imine (C=N–C) groups is 1. The van der Waals surface area contributed by atoms with Crippen molar-refractivity contribution in [3.63, 3.8) is 0 Å². The molecule has 1 saturated heterocycles. The number of pyridine rings is 1. The van der Waals surface area contributed by atoms with Crippen molar-refractivity contribution in [2.75, 3.05) is 32.2 Å². The number of carbonyl (C=O) groups is 1. The van der Waals surface area contributed by atoms with Crippen molar-refractivity contribution in [1.29, 1.82) is 0 Å². The lowest BCUT2D eigenvalue weighted by Crippen LogP contribution is -2.29. The zero-order valence-electron chi connectivity index (χ0n) is 21.6. The van der Waals surface area contributed by atoms with Gasteiger partial charge in [-0.05, 0) is 73.8 Å². The predicted octanol–water partition coefficient (Wildman–Crippen LogP) is 5.07. The summed E-state index contributed by atoms with van der Waals surface area (Å²) in [5.41, 5.74) is 3.49. The Hall–Kier alpha value is -3.69. The molecule has 7 nitrogen and oxygen atoms in total. The summed E-state index contributed by atoms with van der Waals surface area (Å²) >= 11 is 0. The standard InChI is InChI=1S/C29H31F2N5O2/c1-18-22-8-6-20(23-12-19(13-25(30)27(23)31)16-36-10-4-3-5-11-36)14-24(22)28(34-17-33-18)29(37)35-21-7-9-26(38-2)32-15-21/h6-9,12-15,18,33H,3-5,10-11,16-17H2,1-2H3,(H,35,37). The topological polar surface area (TPSA) is 78.8 Å². The first-order valence-electron chi connectivity index (χ1n) is 12.9. The van der Waals surface area contributed by atoms with Crippen LogP contribution in [0.3, 0.4) is 0 Å². The third kappa shape index (κ3) is 5.58. The summed E-state index contributed by atoms with van der Waals surface area (Å²) in [6.07, 6.45) is 4.93. The third-order valence-corrected chi connectivity index (χ3v) is 7.08. The maximum atomic E-state index is 15.1. The van der Waals surface area contributed by atoms with Crippen LogP contribution in [0.5, 0.6) is 5.88 Å². The van der Waals surface area contributed by atoms with Gasteiger partial charge < -0.3 is 10.1 Å². The number of aromatic nitrogens is 1. The van der Waals surface area contributed by atoms with Gasteiger partial charge in [0, 0.05) is 29.8 Å². The van der Waals surface area contributed by atoms with Gasteiger partial charge in [0.1, 0.15) is 5.71 Å². The van der Waals surface area contributed by atoms with Gasteiger partial charge in [0.05, 0.1) is 25.7 Å². The van der Waals surface area contributed by atoms with Crippen LogP contribution in [0.2, 0.25) is 0 Å². The minimum absolute atomic E-state index is 0.0947. The van der Waals surface area contributed by atoms with Crippen molar-refractivity contribution in [3.05, 3.63) is 77.0 Å². The molecule has 2 aliphatic rings. The van der Waals surface area contributed by atoms with E-state index in [1.807, 2.05) is 13.0 Å². The Labute approximate surface area is 220 Å². The van der Waals surface area contributed by atoms with Crippen LogP contribution in [0.1, 0.15) is 48.9 Å². The lowest BCUT2D eigenvalue weighted by Gasteiger charge is -2.26.